The minimum Gasteiger partial charge on any atom is -0.469 e. The van der Waals surface area contributed by atoms with Gasteiger partial charge in [-0.2, -0.15) is 0 Å². The molecular weight excluding hydrogens is 424 g/mol. The van der Waals surface area contributed by atoms with E-state index in [1.54, 1.807) is 12.5 Å². The van der Waals surface area contributed by atoms with Gasteiger partial charge in [-0.15, -0.1) is 0 Å². The van der Waals surface area contributed by atoms with Crippen LogP contribution in [0.4, 0.5) is 0 Å². The van der Waals surface area contributed by atoms with Crippen molar-refractivity contribution in [2.45, 2.75) is 45.3 Å². The summed E-state index contributed by atoms with van der Waals surface area (Å²) in [4.78, 5) is 18.4. The molecule has 0 aliphatic carbocycles. The number of furan rings is 1. The van der Waals surface area contributed by atoms with Crippen LogP contribution in [-0.4, -0.2) is 39.2 Å². The monoisotopic (exact) mass is 452 g/mol. The first-order valence-corrected chi connectivity index (χ1v) is 11.1. The van der Waals surface area contributed by atoms with Gasteiger partial charge in [0.05, 0.1) is 37.7 Å². The van der Waals surface area contributed by atoms with Crippen molar-refractivity contribution in [1.29, 1.82) is 0 Å². The summed E-state index contributed by atoms with van der Waals surface area (Å²) in [6, 6.07) is 11.9. The molecule has 0 amide bonds. The number of aryl methyl sites for hydroxylation is 1. The van der Waals surface area contributed by atoms with Gasteiger partial charge in [0.25, 0.3) is 0 Å². The second-order valence-electron chi connectivity index (χ2n) is 7.99. The Kier molecular flexibility index (Phi) is 6.60. The summed E-state index contributed by atoms with van der Waals surface area (Å²) < 4.78 is 12.6. The highest BCUT2D eigenvalue weighted by Crippen LogP contribution is 2.41. The highest BCUT2D eigenvalue weighted by Gasteiger charge is 2.41. The van der Waals surface area contributed by atoms with Crippen LogP contribution in [0, 0.1) is 13.8 Å². The zero-order valence-corrected chi connectivity index (χ0v) is 19.4. The molecule has 0 spiro atoms. The molecule has 7 nitrogen and oxygen atoms in total. The number of hydrogen-bond donors (Lipinski definition) is 1. The van der Waals surface area contributed by atoms with Crippen molar-refractivity contribution in [3.63, 3.8) is 0 Å². The average Bonchev–Trinajstić information content (AvgIpc) is 3.50. The molecule has 32 heavy (non-hydrogen) atoms. The predicted octanol–water partition coefficient (Wildman–Crippen LogP) is 4.07. The zero-order chi connectivity index (χ0) is 22.7. The third kappa shape index (κ3) is 4.41. The maximum absolute atomic E-state index is 11.6. The molecule has 168 valence electrons. The summed E-state index contributed by atoms with van der Waals surface area (Å²) in [5, 5.41) is 4.15. The molecule has 8 heteroatoms. The summed E-state index contributed by atoms with van der Waals surface area (Å²) >= 11 is 5.73. The Morgan fingerprint density at radius 2 is 2.12 bits per heavy atom. The number of nitrogens with one attached hydrogen (secondary N) is 1. The molecule has 0 radical (unpaired) electrons. The van der Waals surface area contributed by atoms with Gasteiger partial charge < -0.3 is 23.9 Å². The van der Waals surface area contributed by atoms with Crippen molar-refractivity contribution < 1.29 is 13.9 Å². The number of pyridine rings is 1. The van der Waals surface area contributed by atoms with Crippen LogP contribution in [0.5, 0.6) is 0 Å². The fourth-order valence-corrected chi connectivity index (χ4v) is 4.74. The maximum atomic E-state index is 11.6. The third-order valence-electron chi connectivity index (χ3n) is 6.03. The Bertz CT molecular complexity index is 1080. The molecule has 4 rings (SSSR count). The van der Waals surface area contributed by atoms with Crippen molar-refractivity contribution in [3.8, 4) is 0 Å². The Hall–Kier alpha value is -3.13. The summed E-state index contributed by atoms with van der Waals surface area (Å²) in [6.45, 7) is 5.56. The van der Waals surface area contributed by atoms with Gasteiger partial charge >= 0.3 is 5.97 Å². The highest BCUT2D eigenvalue weighted by atomic mass is 32.1. The molecule has 1 aliphatic heterocycles. The first-order valence-electron chi connectivity index (χ1n) is 10.7. The summed E-state index contributed by atoms with van der Waals surface area (Å²) in [5.41, 5.74) is 4.44. The van der Waals surface area contributed by atoms with Gasteiger partial charge in [-0.25, -0.2) is 0 Å². The number of aromatic nitrogens is 2. The molecule has 3 aromatic heterocycles. The van der Waals surface area contributed by atoms with E-state index in [-0.39, 0.29) is 18.1 Å². The molecule has 1 saturated heterocycles. The lowest BCUT2D eigenvalue weighted by atomic mass is 9.96. The number of esters is 1. The Morgan fingerprint density at radius 3 is 2.81 bits per heavy atom. The van der Waals surface area contributed by atoms with E-state index >= 15 is 0 Å². The fraction of sp³-hybridized carbons (Fsp3) is 0.375. The van der Waals surface area contributed by atoms with Gasteiger partial charge in [0, 0.05) is 30.6 Å². The zero-order valence-electron chi connectivity index (χ0n) is 18.6. The normalized spacial score (nSPS) is 18.1. The molecule has 0 unspecified atom stereocenters. The van der Waals surface area contributed by atoms with Crippen LogP contribution in [0.2, 0.25) is 0 Å². The van der Waals surface area contributed by atoms with E-state index in [2.05, 4.69) is 39.7 Å². The Balaban J connectivity index is 1.68. The average molecular weight is 453 g/mol. The van der Waals surface area contributed by atoms with Gasteiger partial charge in [0.1, 0.15) is 5.76 Å². The van der Waals surface area contributed by atoms with E-state index in [0.717, 1.165) is 22.8 Å². The third-order valence-corrected chi connectivity index (χ3v) is 6.38. The predicted molar refractivity (Wildman–Crippen MR) is 125 cm³/mol. The van der Waals surface area contributed by atoms with Crippen molar-refractivity contribution in [1.82, 2.24) is 19.8 Å². The molecule has 0 aromatic carbocycles. The SMILES string of the molecule is COC(=O)CCCN1C(=S)N[C@H](c2ccccn2)[C@@H]1c1cc(C)n(Cc2ccco2)c1C. The van der Waals surface area contributed by atoms with E-state index in [1.165, 1.54) is 12.7 Å². The number of nitrogens with zero attached hydrogens (tertiary/aromatic N) is 3. The number of rotatable bonds is 8. The minimum atomic E-state index is -0.211. The number of methoxy groups -OCH3 is 1. The van der Waals surface area contributed by atoms with Gasteiger partial charge in [-0.1, -0.05) is 6.07 Å². The second kappa shape index (κ2) is 9.56. The van der Waals surface area contributed by atoms with Crippen LogP contribution >= 0.6 is 12.2 Å². The van der Waals surface area contributed by atoms with Crippen LogP contribution in [0.15, 0.2) is 53.3 Å². The smallest absolute Gasteiger partial charge is 0.305 e. The van der Waals surface area contributed by atoms with Gasteiger partial charge in [-0.3, -0.25) is 9.78 Å². The lowest BCUT2D eigenvalue weighted by Crippen LogP contribution is -2.31. The number of ether oxygens (including phenoxy) is 1. The van der Waals surface area contributed by atoms with E-state index in [4.69, 9.17) is 21.4 Å². The standard InChI is InChI=1S/C24H28N4O3S/c1-16-14-19(17(2)28(16)15-18-8-7-13-31-18)23-22(20-9-4-5-11-25-20)26-24(32)27(23)12-6-10-21(29)30-3/h4-5,7-9,11,13-14,22-23H,6,10,12,15H2,1-3H3,(H,26,32)/t22-,23+/m1/s1. The highest BCUT2D eigenvalue weighted by molar-refractivity contribution is 7.80. The van der Waals surface area contributed by atoms with Crippen LogP contribution < -0.4 is 5.32 Å². The fourth-order valence-electron chi connectivity index (χ4n) is 4.41. The summed E-state index contributed by atoms with van der Waals surface area (Å²) in [5.74, 6) is 0.701. The summed E-state index contributed by atoms with van der Waals surface area (Å²) in [6.07, 6.45) is 4.51. The van der Waals surface area contributed by atoms with Crippen LogP contribution in [-0.2, 0) is 16.1 Å². The van der Waals surface area contributed by atoms with E-state index < -0.39 is 0 Å². The van der Waals surface area contributed by atoms with Crippen molar-refractivity contribution in [2.24, 2.45) is 0 Å². The van der Waals surface area contributed by atoms with Crippen LogP contribution in [0.1, 0.15) is 53.3 Å². The molecule has 0 saturated carbocycles. The van der Waals surface area contributed by atoms with Gasteiger partial charge in [-0.05, 0) is 68.4 Å². The number of carbonyl (C=O) groups is 1. The van der Waals surface area contributed by atoms with Crippen molar-refractivity contribution in [2.75, 3.05) is 13.7 Å². The van der Waals surface area contributed by atoms with Crippen LogP contribution in [0.3, 0.4) is 0 Å². The molecule has 0 bridgehead atoms. The minimum absolute atomic E-state index is 0.0356. The van der Waals surface area contributed by atoms with E-state index in [1.807, 2.05) is 30.3 Å². The molecule has 2 atom stereocenters. The van der Waals surface area contributed by atoms with Crippen molar-refractivity contribution in [3.05, 3.63) is 77.3 Å². The molecule has 1 aliphatic rings. The Morgan fingerprint density at radius 1 is 1.28 bits per heavy atom. The summed E-state index contributed by atoms with van der Waals surface area (Å²) in [7, 11) is 1.41. The second-order valence-corrected chi connectivity index (χ2v) is 8.38. The van der Waals surface area contributed by atoms with E-state index in [0.29, 0.717) is 31.0 Å². The van der Waals surface area contributed by atoms with Gasteiger partial charge in [0.2, 0.25) is 0 Å². The maximum Gasteiger partial charge on any atom is 0.305 e. The topological polar surface area (TPSA) is 72.5 Å². The first-order chi connectivity index (χ1) is 15.5. The molecule has 4 heterocycles. The molecule has 3 aromatic rings. The number of thiocarbonyl (C=S) groups is 1. The first kappa shape index (κ1) is 22.1. The lowest BCUT2D eigenvalue weighted by Gasteiger charge is -2.28. The van der Waals surface area contributed by atoms with E-state index in [9.17, 15) is 4.79 Å². The largest absolute Gasteiger partial charge is 0.469 e. The number of carbonyl (C=O) groups excluding carboxylic acids is 1. The molecule has 1 fully saturated rings. The molecule has 1 N–H and O–H groups in total. The lowest BCUT2D eigenvalue weighted by molar-refractivity contribution is -0.140. The van der Waals surface area contributed by atoms with Gasteiger partial charge in [0.15, 0.2) is 5.11 Å². The number of hydrogen-bond acceptors (Lipinski definition) is 5. The Labute approximate surface area is 193 Å². The van der Waals surface area contributed by atoms with Crippen LogP contribution in [0.25, 0.3) is 0 Å². The van der Waals surface area contributed by atoms with Crippen molar-refractivity contribution >= 4 is 23.3 Å². The quantitative estimate of drug-likeness (QED) is 0.408. The molecular formula is C24H28N4O3S.